The Kier molecular flexibility index (Phi) is 4.90. The SMILES string of the molecule is Cc1ccc(CC(=O)NCCNC(=O)c2n[nH]c3ccccc23)s1. The fourth-order valence-corrected chi connectivity index (χ4v) is 3.29. The lowest BCUT2D eigenvalue weighted by Gasteiger charge is -2.05. The van der Waals surface area contributed by atoms with E-state index in [2.05, 4.69) is 20.8 Å². The zero-order chi connectivity index (χ0) is 16.9. The molecule has 2 aromatic heterocycles. The number of nitrogens with zero attached hydrogens (tertiary/aromatic N) is 1. The number of benzene rings is 1. The van der Waals surface area contributed by atoms with Crippen LogP contribution in [0.15, 0.2) is 36.4 Å². The highest BCUT2D eigenvalue weighted by atomic mass is 32.1. The largest absolute Gasteiger partial charge is 0.354 e. The first kappa shape index (κ1) is 16.2. The zero-order valence-corrected chi connectivity index (χ0v) is 14.1. The molecule has 3 rings (SSSR count). The number of aromatic nitrogens is 2. The third-order valence-corrected chi connectivity index (χ3v) is 4.55. The molecule has 2 heterocycles. The van der Waals surface area contributed by atoms with Gasteiger partial charge in [-0.3, -0.25) is 14.7 Å². The van der Waals surface area contributed by atoms with E-state index in [1.807, 2.05) is 43.3 Å². The molecule has 0 aliphatic carbocycles. The quantitative estimate of drug-likeness (QED) is 0.599. The first-order valence-corrected chi connectivity index (χ1v) is 8.48. The molecule has 0 bridgehead atoms. The second-order valence-corrected chi connectivity index (χ2v) is 6.79. The van der Waals surface area contributed by atoms with Gasteiger partial charge in [0, 0.05) is 28.2 Å². The highest BCUT2D eigenvalue weighted by Gasteiger charge is 2.13. The number of fused-ring (bicyclic) bond motifs is 1. The fraction of sp³-hybridized carbons (Fsp3) is 0.235. The molecule has 0 spiro atoms. The van der Waals surface area contributed by atoms with Crippen LogP contribution >= 0.6 is 11.3 Å². The van der Waals surface area contributed by atoms with Gasteiger partial charge < -0.3 is 10.6 Å². The Morgan fingerprint density at radius 1 is 1.12 bits per heavy atom. The van der Waals surface area contributed by atoms with Crippen molar-refractivity contribution in [2.24, 2.45) is 0 Å². The van der Waals surface area contributed by atoms with E-state index in [4.69, 9.17) is 0 Å². The van der Waals surface area contributed by atoms with Crippen LogP contribution in [0.4, 0.5) is 0 Å². The number of amides is 2. The van der Waals surface area contributed by atoms with Crippen molar-refractivity contribution in [1.29, 1.82) is 0 Å². The molecule has 2 amide bonds. The van der Waals surface area contributed by atoms with Gasteiger partial charge in [-0.05, 0) is 25.1 Å². The monoisotopic (exact) mass is 342 g/mol. The van der Waals surface area contributed by atoms with Crippen molar-refractivity contribution in [3.8, 4) is 0 Å². The Labute approximate surface area is 143 Å². The molecule has 3 N–H and O–H groups in total. The van der Waals surface area contributed by atoms with Gasteiger partial charge in [0.2, 0.25) is 5.91 Å². The molecule has 0 aliphatic heterocycles. The summed E-state index contributed by atoms with van der Waals surface area (Å²) >= 11 is 1.62. The van der Waals surface area contributed by atoms with Gasteiger partial charge in [0.1, 0.15) is 0 Å². The van der Waals surface area contributed by atoms with Gasteiger partial charge in [0.15, 0.2) is 5.69 Å². The first-order valence-electron chi connectivity index (χ1n) is 7.67. The summed E-state index contributed by atoms with van der Waals surface area (Å²) in [5.74, 6) is -0.299. The number of hydrogen-bond acceptors (Lipinski definition) is 4. The van der Waals surface area contributed by atoms with E-state index in [1.54, 1.807) is 11.3 Å². The highest BCUT2D eigenvalue weighted by Crippen LogP contribution is 2.15. The lowest BCUT2D eigenvalue weighted by atomic mass is 10.2. The minimum Gasteiger partial charge on any atom is -0.354 e. The van der Waals surface area contributed by atoms with Crippen molar-refractivity contribution in [2.75, 3.05) is 13.1 Å². The van der Waals surface area contributed by atoms with E-state index < -0.39 is 0 Å². The molecule has 0 saturated heterocycles. The summed E-state index contributed by atoms with van der Waals surface area (Å²) in [6.45, 7) is 2.76. The van der Waals surface area contributed by atoms with E-state index in [0.717, 1.165) is 15.8 Å². The molecule has 0 aliphatic rings. The van der Waals surface area contributed by atoms with Crippen LogP contribution in [-0.2, 0) is 11.2 Å². The number of rotatable bonds is 6. The molecule has 124 valence electrons. The predicted octanol–water partition coefficient (Wildman–Crippen LogP) is 2.02. The average molecular weight is 342 g/mol. The van der Waals surface area contributed by atoms with Gasteiger partial charge >= 0.3 is 0 Å². The van der Waals surface area contributed by atoms with Crippen molar-refractivity contribution in [3.63, 3.8) is 0 Å². The van der Waals surface area contributed by atoms with Crippen molar-refractivity contribution in [2.45, 2.75) is 13.3 Å². The lowest BCUT2D eigenvalue weighted by Crippen LogP contribution is -2.35. The third kappa shape index (κ3) is 3.80. The minimum absolute atomic E-state index is 0.0451. The van der Waals surface area contributed by atoms with Gasteiger partial charge in [0.05, 0.1) is 11.9 Å². The molecule has 0 fully saturated rings. The summed E-state index contributed by atoms with van der Waals surface area (Å²) in [6, 6.07) is 11.4. The standard InChI is InChI=1S/C17H18N4O2S/c1-11-6-7-12(24-11)10-15(22)18-8-9-19-17(23)16-13-4-2-3-5-14(13)20-21-16/h2-7H,8-10H2,1H3,(H,18,22)(H,19,23)(H,20,21). The fourth-order valence-electron chi connectivity index (χ4n) is 2.40. The number of para-hydroxylation sites is 1. The summed E-state index contributed by atoms with van der Waals surface area (Å²) in [7, 11) is 0. The Hall–Kier alpha value is -2.67. The number of aryl methyl sites for hydroxylation is 1. The van der Waals surface area contributed by atoms with Crippen LogP contribution < -0.4 is 10.6 Å². The van der Waals surface area contributed by atoms with Crippen LogP contribution in [0.25, 0.3) is 10.9 Å². The van der Waals surface area contributed by atoms with Gasteiger partial charge in [-0.1, -0.05) is 18.2 Å². The Morgan fingerprint density at radius 3 is 2.71 bits per heavy atom. The number of thiophene rings is 1. The second-order valence-electron chi connectivity index (χ2n) is 5.41. The van der Waals surface area contributed by atoms with Crippen LogP contribution in [0.5, 0.6) is 0 Å². The number of carbonyl (C=O) groups is 2. The van der Waals surface area contributed by atoms with E-state index in [-0.39, 0.29) is 11.8 Å². The Morgan fingerprint density at radius 2 is 1.92 bits per heavy atom. The molecule has 0 unspecified atom stereocenters. The van der Waals surface area contributed by atoms with Crippen LogP contribution in [0.2, 0.25) is 0 Å². The summed E-state index contributed by atoms with van der Waals surface area (Å²) in [6.07, 6.45) is 0.371. The van der Waals surface area contributed by atoms with E-state index >= 15 is 0 Å². The summed E-state index contributed by atoms with van der Waals surface area (Å²) in [5.41, 5.74) is 1.19. The molecule has 7 heteroatoms. The number of nitrogens with one attached hydrogen (secondary N) is 3. The zero-order valence-electron chi connectivity index (χ0n) is 13.3. The Balaban J connectivity index is 1.44. The molecule has 1 aromatic carbocycles. The van der Waals surface area contributed by atoms with Crippen LogP contribution in [0.3, 0.4) is 0 Å². The minimum atomic E-state index is -0.254. The van der Waals surface area contributed by atoms with Crippen LogP contribution in [-0.4, -0.2) is 35.1 Å². The summed E-state index contributed by atoms with van der Waals surface area (Å²) in [4.78, 5) is 26.2. The topological polar surface area (TPSA) is 86.9 Å². The van der Waals surface area contributed by atoms with Gasteiger partial charge in [-0.2, -0.15) is 5.10 Å². The van der Waals surface area contributed by atoms with E-state index in [9.17, 15) is 9.59 Å². The maximum Gasteiger partial charge on any atom is 0.272 e. The number of carbonyl (C=O) groups excluding carboxylic acids is 2. The van der Waals surface area contributed by atoms with Crippen molar-refractivity contribution >= 4 is 34.1 Å². The van der Waals surface area contributed by atoms with Crippen LogP contribution in [0.1, 0.15) is 20.2 Å². The van der Waals surface area contributed by atoms with Crippen molar-refractivity contribution in [1.82, 2.24) is 20.8 Å². The maximum absolute atomic E-state index is 12.2. The molecule has 6 nitrogen and oxygen atoms in total. The molecular formula is C17H18N4O2S. The Bertz CT molecular complexity index is 868. The molecule has 24 heavy (non-hydrogen) atoms. The van der Waals surface area contributed by atoms with Gasteiger partial charge in [-0.25, -0.2) is 0 Å². The van der Waals surface area contributed by atoms with Crippen LogP contribution in [0, 0.1) is 6.92 Å². The number of aromatic amines is 1. The van der Waals surface area contributed by atoms with Crippen molar-refractivity contribution in [3.05, 3.63) is 51.8 Å². The maximum atomic E-state index is 12.2. The first-order chi connectivity index (χ1) is 11.6. The van der Waals surface area contributed by atoms with Gasteiger partial charge in [-0.15, -0.1) is 11.3 Å². The predicted molar refractivity (Wildman–Crippen MR) is 94.2 cm³/mol. The van der Waals surface area contributed by atoms with Crippen molar-refractivity contribution < 1.29 is 9.59 Å². The summed E-state index contributed by atoms with van der Waals surface area (Å²) in [5, 5.41) is 13.2. The van der Waals surface area contributed by atoms with Gasteiger partial charge in [0.25, 0.3) is 5.91 Å². The molecular weight excluding hydrogens is 324 g/mol. The van der Waals surface area contributed by atoms with E-state index in [1.165, 1.54) is 4.88 Å². The molecule has 0 saturated carbocycles. The smallest absolute Gasteiger partial charge is 0.272 e. The number of hydrogen-bond donors (Lipinski definition) is 3. The summed E-state index contributed by atoms with van der Waals surface area (Å²) < 4.78 is 0. The number of H-pyrrole nitrogens is 1. The highest BCUT2D eigenvalue weighted by molar-refractivity contribution is 7.12. The normalized spacial score (nSPS) is 10.7. The lowest BCUT2D eigenvalue weighted by molar-refractivity contribution is -0.120. The molecule has 0 atom stereocenters. The average Bonchev–Trinajstić information content (AvgIpc) is 3.17. The van der Waals surface area contributed by atoms with E-state index in [0.29, 0.717) is 25.2 Å². The molecule has 0 radical (unpaired) electrons. The molecule has 3 aromatic rings. The third-order valence-electron chi connectivity index (χ3n) is 3.55. The second kappa shape index (κ2) is 7.27.